The maximum absolute atomic E-state index is 12.1. The molecule has 0 aromatic heterocycles. The van der Waals surface area contributed by atoms with Gasteiger partial charge in [-0.1, -0.05) is 65.8 Å². The van der Waals surface area contributed by atoms with E-state index < -0.39 is 8.07 Å². The molecule has 120 valence electrons. The van der Waals surface area contributed by atoms with Crippen LogP contribution in [0.1, 0.15) is 59.8 Å². The zero-order valence-corrected chi connectivity index (χ0v) is 15.7. The zero-order valence-electron chi connectivity index (χ0n) is 14.7. The van der Waals surface area contributed by atoms with Crippen molar-refractivity contribution in [2.75, 3.05) is 0 Å². The molecule has 0 unspecified atom stereocenters. The summed E-state index contributed by atoms with van der Waals surface area (Å²) in [5.41, 5.74) is 2.38. The highest BCUT2D eigenvalue weighted by molar-refractivity contribution is 6.84. The quantitative estimate of drug-likeness (QED) is 0.510. The summed E-state index contributed by atoms with van der Waals surface area (Å²) in [5, 5.41) is 0.287. The summed E-state index contributed by atoms with van der Waals surface area (Å²) in [6.45, 7) is 13.8. The average Bonchev–Trinajstić information content (AvgIpc) is 2.64. The van der Waals surface area contributed by atoms with Gasteiger partial charge in [0.2, 0.25) is 0 Å². The second-order valence-electron chi connectivity index (χ2n) is 8.65. The minimum Gasteiger partial charge on any atom is -0.431 e. The first-order chi connectivity index (χ1) is 9.63. The highest BCUT2D eigenvalue weighted by Gasteiger charge is 2.45. The van der Waals surface area contributed by atoms with Gasteiger partial charge in [-0.2, -0.15) is 0 Å². The second kappa shape index (κ2) is 5.90. The highest BCUT2D eigenvalue weighted by atomic mass is 28.3. The van der Waals surface area contributed by atoms with Crippen LogP contribution < -0.4 is 0 Å². The Morgan fingerprint density at radius 1 is 1.14 bits per heavy atom. The Hall–Kier alpha value is -0.573. The van der Waals surface area contributed by atoms with Gasteiger partial charge in [-0.15, -0.1) is 0 Å². The molecule has 0 N–H and O–H groups in total. The Balaban J connectivity index is 2.29. The van der Waals surface area contributed by atoms with E-state index in [1.165, 1.54) is 32.1 Å². The summed E-state index contributed by atoms with van der Waals surface area (Å²) in [4.78, 5) is 12.1. The molecule has 2 rings (SSSR count). The standard InChI is InChI=1S/C18H32O2Si/c1-13-16(14-10-8-7-9-11-14)15(20-17(13)19)12-21(5,6)18(2,3)4/h12-14,16H,7-11H2,1-6H3/b15-12+/t13-,16+/m0/s1. The molecule has 0 bridgehead atoms. The lowest BCUT2D eigenvalue weighted by atomic mass is 9.75. The van der Waals surface area contributed by atoms with Crippen LogP contribution in [0.25, 0.3) is 0 Å². The summed E-state index contributed by atoms with van der Waals surface area (Å²) >= 11 is 0. The summed E-state index contributed by atoms with van der Waals surface area (Å²) < 4.78 is 5.73. The number of allylic oxidation sites excluding steroid dienone is 1. The van der Waals surface area contributed by atoms with Crippen LogP contribution in [0.5, 0.6) is 0 Å². The number of ether oxygens (including phenoxy) is 1. The average molecular weight is 309 g/mol. The molecule has 1 aliphatic carbocycles. The number of carbonyl (C=O) groups excluding carboxylic acids is 1. The van der Waals surface area contributed by atoms with E-state index in [4.69, 9.17) is 4.74 Å². The molecule has 2 nitrogen and oxygen atoms in total. The van der Waals surface area contributed by atoms with Crippen molar-refractivity contribution in [1.29, 1.82) is 0 Å². The van der Waals surface area contributed by atoms with Crippen LogP contribution in [-0.4, -0.2) is 14.0 Å². The van der Waals surface area contributed by atoms with Crippen LogP contribution in [0.2, 0.25) is 18.1 Å². The fourth-order valence-electron chi connectivity index (χ4n) is 3.50. The van der Waals surface area contributed by atoms with Crippen molar-refractivity contribution in [3.8, 4) is 0 Å². The molecule has 1 heterocycles. The van der Waals surface area contributed by atoms with Crippen LogP contribution in [-0.2, 0) is 9.53 Å². The fourth-order valence-corrected chi connectivity index (χ4v) is 4.90. The van der Waals surface area contributed by atoms with Gasteiger partial charge in [0.05, 0.1) is 14.0 Å². The first kappa shape index (κ1) is 16.8. The maximum atomic E-state index is 12.1. The Kier molecular flexibility index (Phi) is 4.72. The van der Waals surface area contributed by atoms with Gasteiger partial charge in [-0.05, 0) is 23.8 Å². The van der Waals surface area contributed by atoms with E-state index in [0.717, 1.165) is 5.76 Å². The lowest BCUT2D eigenvalue weighted by molar-refractivity contribution is -0.138. The van der Waals surface area contributed by atoms with E-state index in [-0.39, 0.29) is 16.9 Å². The van der Waals surface area contributed by atoms with Crippen LogP contribution in [0, 0.1) is 17.8 Å². The highest BCUT2D eigenvalue weighted by Crippen LogP contribution is 2.45. The van der Waals surface area contributed by atoms with E-state index in [2.05, 4.69) is 46.5 Å². The van der Waals surface area contributed by atoms with Crippen molar-refractivity contribution in [3.63, 3.8) is 0 Å². The van der Waals surface area contributed by atoms with E-state index in [9.17, 15) is 4.79 Å². The second-order valence-corrected chi connectivity index (χ2v) is 13.9. The Morgan fingerprint density at radius 3 is 2.24 bits per heavy atom. The number of hydrogen-bond acceptors (Lipinski definition) is 2. The van der Waals surface area contributed by atoms with Crippen LogP contribution in [0.15, 0.2) is 11.5 Å². The van der Waals surface area contributed by atoms with E-state index >= 15 is 0 Å². The molecular formula is C18H32O2Si. The lowest BCUT2D eigenvalue weighted by Crippen LogP contribution is -2.36. The smallest absolute Gasteiger partial charge is 0.314 e. The molecule has 1 aliphatic heterocycles. The molecule has 2 fully saturated rings. The number of rotatable bonds is 2. The minimum absolute atomic E-state index is 0.00414. The number of hydrogen-bond donors (Lipinski definition) is 0. The Morgan fingerprint density at radius 2 is 1.71 bits per heavy atom. The molecule has 0 aromatic carbocycles. The predicted octanol–water partition coefficient (Wildman–Crippen LogP) is 5.31. The topological polar surface area (TPSA) is 26.3 Å². The van der Waals surface area contributed by atoms with Crippen LogP contribution >= 0.6 is 0 Å². The normalized spacial score (nSPS) is 30.8. The SMILES string of the molecule is C[C@@H]1C(=O)O/C(=C/[Si](C)(C)C(C)(C)C)[C@H]1C1CCCCC1. The molecule has 21 heavy (non-hydrogen) atoms. The summed E-state index contributed by atoms with van der Waals surface area (Å²) in [6, 6.07) is 0. The molecule has 1 saturated carbocycles. The van der Waals surface area contributed by atoms with Crippen molar-refractivity contribution >= 4 is 14.0 Å². The van der Waals surface area contributed by atoms with Crippen molar-refractivity contribution in [2.24, 2.45) is 17.8 Å². The molecule has 0 spiro atoms. The fraction of sp³-hybridized carbons (Fsp3) is 0.833. The maximum Gasteiger partial charge on any atom is 0.314 e. The third-order valence-corrected chi connectivity index (χ3v) is 10.9. The van der Waals surface area contributed by atoms with Crippen molar-refractivity contribution in [3.05, 3.63) is 11.5 Å². The van der Waals surface area contributed by atoms with Gasteiger partial charge >= 0.3 is 5.97 Å². The summed E-state index contributed by atoms with van der Waals surface area (Å²) in [5.74, 6) is 2.05. The molecule has 2 aliphatic rings. The predicted molar refractivity (Wildman–Crippen MR) is 90.6 cm³/mol. The molecule has 0 aromatic rings. The third kappa shape index (κ3) is 3.44. The number of cyclic esters (lactones) is 1. The molecule has 1 saturated heterocycles. The molecular weight excluding hydrogens is 276 g/mol. The molecule has 3 heteroatoms. The molecule has 0 amide bonds. The lowest BCUT2D eigenvalue weighted by Gasteiger charge is -2.35. The van der Waals surface area contributed by atoms with E-state index in [1.54, 1.807) is 0 Å². The van der Waals surface area contributed by atoms with E-state index in [1.807, 2.05) is 0 Å². The van der Waals surface area contributed by atoms with Crippen molar-refractivity contribution in [2.45, 2.75) is 77.9 Å². The van der Waals surface area contributed by atoms with Gasteiger partial charge in [-0.25, -0.2) is 0 Å². The van der Waals surface area contributed by atoms with Crippen molar-refractivity contribution in [1.82, 2.24) is 0 Å². The van der Waals surface area contributed by atoms with E-state index in [0.29, 0.717) is 11.8 Å². The van der Waals surface area contributed by atoms with Gasteiger partial charge < -0.3 is 4.74 Å². The third-order valence-electron chi connectivity index (χ3n) is 6.05. The van der Waals surface area contributed by atoms with Gasteiger partial charge in [0, 0.05) is 5.92 Å². The first-order valence-electron chi connectivity index (χ1n) is 8.58. The largest absolute Gasteiger partial charge is 0.431 e. The van der Waals surface area contributed by atoms with Gasteiger partial charge in [0.25, 0.3) is 0 Å². The number of esters is 1. The summed E-state index contributed by atoms with van der Waals surface area (Å²) in [6.07, 6.45) is 6.51. The minimum atomic E-state index is -1.57. The number of carbonyl (C=O) groups is 1. The molecule has 0 radical (unpaired) electrons. The Bertz CT molecular complexity index is 425. The van der Waals surface area contributed by atoms with Gasteiger partial charge in [-0.3, -0.25) is 4.79 Å². The Labute approximate surface area is 131 Å². The van der Waals surface area contributed by atoms with Crippen molar-refractivity contribution < 1.29 is 9.53 Å². The van der Waals surface area contributed by atoms with Crippen LogP contribution in [0.4, 0.5) is 0 Å². The van der Waals surface area contributed by atoms with Crippen LogP contribution in [0.3, 0.4) is 0 Å². The molecule has 2 atom stereocenters. The zero-order chi connectivity index (χ0) is 15.8. The van der Waals surface area contributed by atoms with Gasteiger partial charge in [0.1, 0.15) is 5.76 Å². The monoisotopic (exact) mass is 308 g/mol. The summed E-state index contributed by atoms with van der Waals surface area (Å²) in [7, 11) is -1.57. The van der Waals surface area contributed by atoms with Gasteiger partial charge in [0.15, 0.2) is 0 Å². The first-order valence-corrected chi connectivity index (χ1v) is 11.7.